The summed E-state index contributed by atoms with van der Waals surface area (Å²) in [5.74, 6) is 0.495. The molecule has 0 aromatic carbocycles. The van der Waals surface area contributed by atoms with Crippen LogP contribution in [-0.2, 0) is 12.3 Å². The van der Waals surface area contributed by atoms with Crippen LogP contribution in [0.1, 0.15) is 61.9 Å². The minimum absolute atomic E-state index is 0.495. The number of aryl methyl sites for hydroxylation is 1. The quantitative estimate of drug-likeness (QED) is 0.480. The highest BCUT2D eigenvalue weighted by atomic mass is 35.5. The van der Waals surface area contributed by atoms with E-state index in [1.165, 1.54) is 44.9 Å². The van der Waals surface area contributed by atoms with Crippen LogP contribution in [0.15, 0.2) is 0 Å². The fourth-order valence-electron chi connectivity index (χ4n) is 1.68. The van der Waals surface area contributed by atoms with E-state index in [0.717, 1.165) is 16.4 Å². The minimum atomic E-state index is 0.495. The Morgan fingerprint density at radius 1 is 0.938 bits per heavy atom. The third kappa shape index (κ3) is 5.80. The smallest absolute Gasteiger partial charge is 0.132 e. The molecule has 1 heterocycles. The molecule has 0 aliphatic heterocycles. The van der Waals surface area contributed by atoms with Crippen molar-refractivity contribution in [1.29, 1.82) is 0 Å². The lowest BCUT2D eigenvalue weighted by Crippen LogP contribution is -1.85. The molecule has 0 saturated carbocycles. The molecule has 0 aliphatic carbocycles. The molecule has 1 aromatic heterocycles. The standard InChI is InChI=1S/C12H21ClN2S/c1-2-3-4-5-6-7-8-9-11-14-15-12(10-13)16-11/h2-10H2,1H3. The fraction of sp³-hybridized carbons (Fsp3) is 0.833. The van der Waals surface area contributed by atoms with Crippen molar-refractivity contribution in [3.8, 4) is 0 Å². The van der Waals surface area contributed by atoms with Gasteiger partial charge >= 0.3 is 0 Å². The van der Waals surface area contributed by atoms with Gasteiger partial charge in [-0.15, -0.1) is 33.1 Å². The van der Waals surface area contributed by atoms with Crippen molar-refractivity contribution in [3.05, 3.63) is 10.0 Å². The molecular weight excluding hydrogens is 240 g/mol. The van der Waals surface area contributed by atoms with Gasteiger partial charge in [0.05, 0.1) is 5.88 Å². The van der Waals surface area contributed by atoms with E-state index >= 15 is 0 Å². The van der Waals surface area contributed by atoms with E-state index in [0.29, 0.717) is 5.88 Å². The Labute approximate surface area is 107 Å². The zero-order valence-electron chi connectivity index (χ0n) is 10.0. The lowest BCUT2D eigenvalue weighted by molar-refractivity contribution is 0.588. The van der Waals surface area contributed by atoms with Crippen molar-refractivity contribution in [3.63, 3.8) is 0 Å². The van der Waals surface area contributed by atoms with Gasteiger partial charge in [0.15, 0.2) is 0 Å². The first-order valence-electron chi connectivity index (χ1n) is 6.24. The topological polar surface area (TPSA) is 25.8 Å². The van der Waals surface area contributed by atoms with Crippen molar-refractivity contribution in [1.82, 2.24) is 10.2 Å². The summed E-state index contributed by atoms with van der Waals surface area (Å²) in [6.07, 6.45) is 10.5. The summed E-state index contributed by atoms with van der Waals surface area (Å²) in [5.41, 5.74) is 0. The molecule has 1 aromatic rings. The van der Waals surface area contributed by atoms with Gasteiger partial charge in [-0.2, -0.15) is 0 Å². The van der Waals surface area contributed by atoms with Crippen molar-refractivity contribution in [2.75, 3.05) is 0 Å². The molecular formula is C12H21ClN2S. The molecule has 1 rings (SSSR count). The van der Waals surface area contributed by atoms with Crippen LogP contribution >= 0.6 is 22.9 Å². The molecule has 92 valence electrons. The van der Waals surface area contributed by atoms with Gasteiger partial charge in [0, 0.05) is 6.42 Å². The normalized spacial score (nSPS) is 10.9. The van der Waals surface area contributed by atoms with Gasteiger partial charge in [-0.3, -0.25) is 0 Å². The first-order chi connectivity index (χ1) is 7.86. The summed E-state index contributed by atoms with van der Waals surface area (Å²) in [4.78, 5) is 0. The maximum absolute atomic E-state index is 5.68. The van der Waals surface area contributed by atoms with E-state index in [2.05, 4.69) is 17.1 Å². The molecule has 0 saturated heterocycles. The Kier molecular flexibility index (Phi) is 7.77. The Morgan fingerprint density at radius 3 is 2.19 bits per heavy atom. The summed E-state index contributed by atoms with van der Waals surface area (Å²) in [6.45, 7) is 2.25. The summed E-state index contributed by atoms with van der Waals surface area (Å²) in [5, 5.41) is 10.2. The summed E-state index contributed by atoms with van der Waals surface area (Å²) in [7, 11) is 0. The highest BCUT2D eigenvalue weighted by molar-refractivity contribution is 7.11. The zero-order valence-corrected chi connectivity index (χ0v) is 11.6. The molecule has 0 fully saturated rings. The van der Waals surface area contributed by atoms with Gasteiger partial charge < -0.3 is 0 Å². The average Bonchev–Trinajstić information content (AvgIpc) is 2.76. The third-order valence-corrected chi connectivity index (χ3v) is 4.01. The van der Waals surface area contributed by atoms with Crippen molar-refractivity contribution < 1.29 is 0 Å². The molecule has 0 radical (unpaired) electrons. The molecule has 4 heteroatoms. The van der Waals surface area contributed by atoms with E-state index in [-0.39, 0.29) is 0 Å². The monoisotopic (exact) mass is 260 g/mol. The second kappa shape index (κ2) is 8.94. The van der Waals surface area contributed by atoms with Crippen LogP contribution in [-0.4, -0.2) is 10.2 Å². The number of aromatic nitrogens is 2. The zero-order chi connectivity index (χ0) is 11.6. The number of hydrogen-bond acceptors (Lipinski definition) is 3. The fourth-order valence-corrected chi connectivity index (χ4v) is 2.63. The number of rotatable bonds is 9. The molecule has 0 unspecified atom stereocenters. The average molecular weight is 261 g/mol. The van der Waals surface area contributed by atoms with Crippen LogP contribution in [0, 0.1) is 0 Å². The molecule has 0 atom stereocenters. The number of unbranched alkanes of at least 4 members (excludes halogenated alkanes) is 6. The molecule has 0 bridgehead atoms. The van der Waals surface area contributed by atoms with E-state index in [4.69, 9.17) is 11.6 Å². The Morgan fingerprint density at radius 2 is 1.56 bits per heavy atom. The predicted octanol–water partition coefficient (Wildman–Crippen LogP) is 4.57. The molecule has 0 spiro atoms. The van der Waals surface area contributed by atoms with Crippen LogP contribution < -0.4 is 0 Å². The summed E-state index contributed by atoms with van der Waals surface area (Å²) >= 11 is 7.33. The van der Waals surface area contributed by atoms with Crippen LogP contribution in [0.2, 0.25) is 0 Å². The second-order valence-electron chi connectivity index (χ2n) is 4.09. The van der Waals surface area contributed by atoms with Crippen LogP contribution in [0.4, 0.5) is 0 Å². The number of nitrogens with zero attached hydrogens (tertiary/aromatic N) is 2. The van der Waals surface area contributed by atoms with Crippen LogP contribution in [0.3, 0.4) is 0 Å². The van der Waals surface area contributed by atoms with Gasteiger partial charge in [-0.25, -0.2) is 0 Å². The largest absolute Gasteiger partial charge is 0.144 e. The van der Waals surface area contributed by atoms with Crippen LogP contribution in [0.25, 0.3) is 0 Å². The molecule has 16 heavy (non-hydrogen) atoms. The van der Waals surface area contributed by atoms with Crippen molar-refractivity contribution in [2.45, 2.75) is 64.2 Å². The number of hydrogen-bond donors (Lipinski definition) is 0. The first-order valence-corrected chi connectivity index (χ1v) is 7.59. The van der Waals surface area contributed by atoms with E-state index in [9.17, 15) is 0 Å². The SMILES string of the molecule is CCCCCCCCCc1nnc(CCl)s1. The Bertz CT molecular complexity index is 276. The maximum atomic E-state index is 5.68. The Hall–Kier alpha value is -0.150. The van der Waals surface area contributed by atoms with Crippen molar-refractivity contribution >= 4 is 22.9 Å². The predicted molar refractivity (Wildman–Crippen MR) is 71.2 cm³/mol. The molecule has 2 nitrogen and oxygen atoms in total. The van der Waals surface area contributed by atoms with Gasteiger partial charge in [0.1, 0.15) is 10.0 Å². The second-order valence-corrected chi connectivity index (χ2v) is 5.51. The first kappa shape index (κ1) is 13.9. The summed E-state index contributed by atoms with van der Waals surface area (Å²) in [6, 6.07) is 0. The highest BCUT2D eigenvalue weighted by Gasteiger charge is 2.02. The van der Waals surface area contributed by atoms with Gasteiger partial charge in [0.2, 0.25) is 0 Å². The molecule has 0 amide bonds. The lowest BCUT2D eigenvalue weighted by Gasteiger charge is -1.99. The summed E-state index contributed by atoms with van der Waals surface area (Å²) < 4.78 is 0. The van der Waals surface area contributed by atoms with Gasteiger partial charge in [-0.05, 0) is 6.42 Å². The number of halogens is 1. The van der Waals surface area contributed by atoms with E-state index in [1.54, 1.807) is 11.3 Å². The maximum Gasteiger partial charge on any atom is 0.132 e. The highest BCUT2D eigenvalue weighted by Crippen LogP contribution is 2.15. The lowest BCUT2D eigenvalue weighted by atomic mass is 10.1. The Balaban J connectivity index is 1.98. The van der Waals surface area contributed by atoms with Gasteiger partial charge in [-0.1, -0.05) is 45.4 Å². The molecule has 0 N–H and O–H groups in total. The number of alkyl halides is 1. The minimum Gasteiger partial charge on any atom is -0.144 e. The molecule has 0 aliphatic rings. The van der Waals surface area contributed by atoms with Crippen molar-refractivity contribution in [2.24, 2.45) is 0 Å². The van der Waals surface area contributed by atoms with Crippen LogP contribution in [0.5, 0.6) is 0 Å². The van der Waals surface area contributed by atoms with E-state index < -0.39 is 0 Å². The third-order valence-electron chi connectivity index (χ3n) is 2.62. The van der Waals surface area contributed by atoms with E-state index in [1.807, 2.05) is 0 Å². The van der Waals surface area contributed by atoms with Gasteiger partial charge in [0.25, 0.3) is 0 Å².